The first-order valence-corrected chi connectivity index (χ1v) is 8.68. The summed E-state index contributed by atoms with van der Waals surface area (Å²) in [5.74, 6) is -1.07. The highest BCUT2D eigenvalue weighted by Crippen LogP contribution is 2.34. The normalized spacial score (nSPS) is 27.2. The van der Waals surface area contributed by atoms with Crippen LogP contribution in [0.5, 0.6) is 0 Å². The van der Waals surface area contributed by atoms with E-state index in [0.29, 0.717) is 35.4 Å². The number of quaternary nitrogens is 1. The maximum absolute atomic E-state index is 12.5. The molecular weight excluding hydrogens is 342 g/mol. The summed E-state index contributed by atoms with van der Waals surface area (Å²) in [6.07, 6.45) is 0.685. The number of nitroso groups, excluding NO2 is 1. The molecule has 1 amide bonds. The second-order valence-corrected chi connectivity index (χ2v) is 7.47. The van der Waals surface area contributed by atoms with Gasteiger partial charge in [0.25, 0.3) is 5.91 Å². The Hall–Kier alpha value is -1.93. The molecule has 1 N–H and O–H groups in total. The van der Waals surface area contributed by atoms with Gasteiger partial charge in [-0.25, -0.2) is 4.79 Å². The van der Waals surface area contributed by atoms with E-state index < -0.39 is 23.5 Å². The van der Waals surface area contributed by atoms with Gasteiger partial charge in [0.1, 0.15) is 5.54 Å². The highest BCUT2D eigenvalue weighted by atomic mass is 32.1. The largest absolute Gasteiger partial charge is 0.464 e. The van der Waals surface area contributed by atoms with Gasteiger partial charge in [0.2, 0.25) is 0 Å². The summed E-state index contributed by atoms with van der Waals surface area (Å²) in [5, 5.41) is 5.95. The molecule has 1 atom stereocenters. The predicted octanol–water partition coefficient (Wildman–Crippen LogP) is 1.94. The predicted molar refractivity (Wildman–Crippen MR) is 97.0 cm³/mol. The van der Waals surface area contributed by atoms with Crippen molar-refractivity contribution in [2.45, 2.75) is 31.3 Å². The summed E-state index contributed by atoms with van der Waals surface area (Å²) in [6.45, 7) is 2.96. The summed E-state index contributed by atoms with van der Waals surface area (Å²) >= 11 is 4.51. The fraction of sp³-hybridized carbons (Fsp3) is 0.529. The van der Waals surface area contributed by atoms with E-state index in [4.69, 9.17) is 4.74 Å². The number of hydrogen-bond donors (Lipinski definition) is 2. The number of ether oxygens (including phenoxy) is 1. The smallest absolute Gasteiger partial charge is 0.331 e. The fourth-order valence-corrected chi connectivity index (χ4v) is 3.18. The molecule has 1 aliphatic heterocycles. The van der Waals surface area contributed by atoms with Crippen molar-refractivity contribution < 1.29 is 18.2 Å². The number of rotatable bonds is 6. The first-order valence-electron chi connectivity index (χ1n) is 8.28. The van der Waals surface area contributed by atoms with Crippen LogP contribution < -0.4 is 5.32 Å². The van der Waals surface area contributed by atoms with Gasteiger partial charge in [-0.3, -0.25) is 8.68 Å². The van der Waals surface area contributed by atoms with E-state index in [1.54, 1.807) is 37.3 Å². The van der Waals surface area contributed by atoms with Crippen molar-refractivity contribution >= 4 is 24.7 Å². The number of carbonyl (C=O) groups excluding carboxylic acids is 2. The SMILES string of the molecule is CCOC(=O)C(NC(=O)c1ccccc1)C1(N=O)CC[N+](C)(S)CC1. The molecular formula is C17H24N3O4S+. The molecule has 1 aliphatic rings. The van der Waals surface area contributed by atoms with Crippen LogP contribution in [0.4, 0.5) is 0 Å². The van der Waals surface area contributed by atoms with Gasteiger partial charge in [-0.2, -0.15) is 4.91 Å². The van der Waals surface area contributed by atoms with E-state index in [2.05, 4.69) is 23.3 Å². The lowest BCUT2D eigenvalue weighted by Gasteiger charge is -2.41. The molecule has 0 aromatic heterocycles. The minimum Gasteiger partial charge on any atom is -0.464 e. The van der Waals surface area contributed by atoms with Crippen molar-refractivity contribution in [2.24, 2.45) is 5.18 Å². The summed E-state index contributed by atoms with van der Waals surface area (Å²) in [6, 6.07) is 7.41. The van der Waals surface area contributed by atoms with Crippen molar-refractivity contribution in [3.8, 4) is 0 Å². The van der Waals surface area contributed by atoms with E-state index in [9.17, 15) is 14.5 Å². The van der Waals surface area contributed by atoms with Crippen LogP contribution in [0.3, 0.4) is 0 Å². The van der Waals surface area contributed by atoms with E-state index in [-0.39, 0.29) is 6.61 Å². The van der Waals surface area contributed by atoms with Gasteiger partial charge >= 0.3 is 5.97 Å². The van der Waals surface area contributed by atoms with E-state index in [1.165, 1.54) is 0 Å². The average molecular weight is 366 g/mol. The second kappa shape index (κ2) is 7.97. The molecule has 0 saturated carbocycles. The number of hydrogen-bond acceptors (Lipinski definition) is 6. The molecule has 0 bridgehead atoms. The number of nitrogens with one attached hydrogen (secondary N) is 1. The zero-order chi connectivity index (χ0) is 18.5. The molecule has 25 heavy (non-hydrogen) atoms. The molecule has 1 heterocycles. The summed E-state index contributed by atoms with van der Waals surface area (Å²) in [5.41, 5.74) is -0.819. The summed E-state index contributed by atoms with van der Waals surface area (Å²) < 4.78 is 5.54. The molecule has 8 heteroatoms. The highest BCUT2D eigenvalue weighted by molar-refractivity contribution is 7.74. The topological polar surface area (TPSA) is 84.8 Å². The number of likely N-dealkylation sites (tertiary alicyclic amines) is 1. The Kier molecular flexibility index (Phi) is 6.18. The second-order valence-electron chi connectivity index (χ2n) is 6.51. The molecule has 1 unspecified atom stereocenters. The Bertz CT molecular complexity index is 626. The molecule has 1 aromatic carbocycles. The maximum Gasteiger partial charge on any atom is 0.331 e. The van der Waals surface area contributed by atoms with Crippen LogP contribution in [0.2, 0.25) is 0 Å². The number of amides is 1. The van der Waals surface area contributed by atoms with Gasteiger partial charge in [-0.15, -0.1) is 0 Å². The van der Waals surface area contributed by atoms with E-state index >= 15 is 0 Å². The summed E-state index contributed by atoms with van der Waals surface area (Å²) in [7, 11) is 1.93. The fourth-order valence-electron chi connectivity index (χ4n) is 2.98. The maximum atomic E-state index is 12.5. The first-order chi connectivity index (χ1) is 11.8. The number of benzene rings is 1. The van der Waals surface area contributed by atoms with Crippen LogP contribution in [0.1, 0.15) is 30.1 Å². The van der Waals surface area contributed by atoms with Gasteiger partial charge in [0, 0.05) is 18.4 Å². The number of piperidine rings is 1. The molecule has 136 valence electrons. The molecule has 1 aromatic rings. The third-order valence-electron chi connectivity index (χ3n) is 4.61. The Morgan fingerprint density at radius 1 is 1.32 bits per heavy atom. The Morgan fingerprint density at radius 2 is 1.92 bits per heavy atom. The quantitative estimate of drug-likeness (QED) is 0.349. The van der Waals surface area contributed by atoms with Crippen LogP contribution in [-0.4, -0.2) is 54.1 Å². The Morgan fingerprint density at radius 3 is 2.44 bits per heavy atom. The number of esters is 1. The van der Waals surface area contributed by atoms with Gasteiger partial charge in [-0.05, 0) is 19.1 Å². The standard InChI is InChI=1S/C17H23N3O4S/c1-3-24-16(22)14(18-15(21)13-7-5-4-6-8-13)17(19-23)9-11-20(2,25)12-10-17/h4-8,14,25H,3,9-12H2,1-2H3/p+1. The lowest BCUT2D eigenvalue weighted by atomic mass is 9.81. The number of nitrogens with zero attached hydrogens (tertiary/aromatic N) is 2. The molecule has 0 aliphatic carbocycles. The van der Waals surface area contributed by atoms with Crippen molar-refractivity contribution in [3.05, 3.63) is 40.8 Å². The average Bonchev–Trinajstić information content (AvgIpc) is 2.61. The number of thiol groups is 1. The zero-order valence-electron chi connectivity index (χ0n) is 14.5. The number of carbonyl (C=O) groups is 2. The van der Waals surface area contributed by atoms with Gasteiger partial charge < -0.3 is 10.1 Å². The van der Waals surface area contributed by atoms with Crippen molar-refractivity contribution in [2.75, 3.05) is 26.7 Å². The minimum absolute atomic E-state index is 0.159. The molecule has 1 fully saturated rings. The van der Waals surface area contributed by atoms with Crippen LogP contribution in [0, 0.1) is 4.91 Å². The highest BCUT2D eigenvalue weighted by Gasteiger charge is 2.51. The van der Waals surface area contributed by atoms with E-state index in [0.717, 1.165) is 0 Å². The van der Waals surface area contributed by atoms with Gasteiger partial charge in [0.15, 0.2) is 6.04 Å². The molecule has 0 spiro atoms. The van der Waals surface area contributed by atoms with Gasteiger partial charge in [-0.1, -0.05) is 23.4 Å². The third-order valence-corrected chi connectivity index (χ3v) is 5.01. The van der Waals surface area contributed by atoms with Crippen molar-refractivity contribution in [1.29, 1.82) is 0 Å². The van der Waals surface area contributed by atoms with Crippen molar-refractivity contribution in [3.63, 3.8) is 0 Å². The molecule has 7 nitrogen and oxygen atoms in total. The molecule has 2 rings (SSSR count). The van der Waals surface area contributed by atoms with E-state index in [1.807, 2.05) is 7.05 Å². The zero-order valence-corrected chi connectivity index (χ0v) is 15.4. The first kappa shape index (κ1) is 19.4. The van der Waals surface area contributed by atoms with Crippen LogP contribution >= 0.6 is 12.8 Å². The van der Waals surface area contributed by atoms with Gasteiger partial charge in [0.05, 0.1) is 39.6 Å². The van der Waals surface area contributed by atoms with Crippen LogP contribution in [0.15, 0.2) is 35.5 Å². The molecule has 0 radical (unpaired) electrons. The lowest BCUT2D eigenvalue weighted by Crippen LogP contribution is -2.61. The monoisotopic (exact) mass is 366 g/mol. The summed E-state index contributed by atoms with van der Waals surface area (Å²) in [4.78, 5) is 36.7. The Labute approximate surface area is 152 Å². The lowest BCUT2D eigenvalue weighted by molar-refractivity contribution is -0.778. The third kappa shape index (κ3) is 4.58. The van der Waals surface area contributed by atoms with Crippen LogP contribution in [0.25, 0.3) is 0 Å². The van der Waals surface area contributed by atoms with Crippen molar-refractivity contribution in [1.82, 2.24) is 5.32 Å². The minimum atomic E-state index is -1.23. The van der Waals surface area contributed by atoms with Crippen LogP contribution in [-0.2, 0) is 9.53 Å². The Balaban J connectivity index is 2.27. The molecule has 1 saturated heterocycles.